The van der Waals surface area contributed by atoms with Crippen molar-refractivity contribution >= 4 is 0 Å². The third-order valence-corrected chi connectivity index (χ3v) is 4.78. The van der Waals surface area contributed by atoms with Gasteiger partial charge in [-0.1, -0.05) is 64.7 Å². The Morgan fingerprint density at radius 3 is 1.68 bits per heavy atom. The molecule has 19 heavy (non-hydrogen) atoms. The predicted octanol–water partition coefficient (Wildman–Crippen LogP) is 4.41. The summed E-state index contributed by atoms with van der Waals surface area (Å²) >= 11 is 0. The van der Waals surface area contributed by atoms with E-state index < -0.39 is 0 Å². The Kier molecular flexibility index (Phi) is 8.72. The van der Waals surface area contributed by atoms with Crippen molar-refractivity contribution in [3.63, 3.8) is 0 Å². The second-order valence-corrected chi connectivity index (χ2v) is 6.57. The Hall–Kier alpha value is -0.0800. The van der Waals surface area contributed by atoms with Crippen LogP contribution in [0.25, 0.3) is 0 Å². The van der Waals surface area contributed by atoms with Gasteiger partial charge in [0.1, 0.15) is 0 Å². The van der Waals surface area contributed by atoms with Gasteiger partial charge in [0.05, 0.1) is 6.61 Å². The molecule has 0 spiro atoms. The SMILES string of the molecule is CCC(C)NC1(CO)CCCCCCCCCCC1. The molecule has 1 aliphatic rings. The minimum Gasteiger partial charge on any atom is -0.394 e. The summed E-state index contributed by atoms with van der Waals surface area (Å²) in [5, 5.41) is 13.7. The molecule has 2 heteroatoms. The van der Waals surface area contributed by atoms with E-state index in [1.807, 2.05) is 0 Å². The zero-order chi connectivity index (χ0) is 14.0. The van der Waals surface area contributed by atoms with Crippen LogP contribution >= 0.6 is 0 Å². The summed E-state index contributed by atoms with van der Waals surface area (Å²) in [6, 6.07) is 0.514. The van der Waals surface area contributed by atoms with Crippen LogP contribution in [0, 0.1) is 0 Å². The van der Waals surface area contributed by atoms with Crippen molar-refractivity contribution in [2.24, 2.45) is 0 Å². The number of aliphatic hydroxyl groups is 1. The van der Waals surface area contributed by atoms with Gasteiger partial charge in [0.25, 0.3) is 0 Å². The Morgan fingerprint density at radius 1 is 0.895 bits per heavy atom. The normalized spacial score (nSPS) is 24.2. The van der Waals surface area contributed by atoms with Crippen LogP contribution < -0.4 is 5.32 Å². The summed E-state index contributed by atoms with van der Waals surface area (Å²) in [4.78, 5) is 0. The molecule has 1 aliphatic carbocycles. The maximum Gasteiger partial charge on any atom is 0.0613 e. The number of nitrogens with one attached hydrogen (secondary N) is 1. The van der Waals surface area contributed by atoms with Gasteiger partial charge in [-0.2, -0.15) is 0 Å². The average Bonchev–Trinajstić information content (AvgIpc) is 2.42. The molecule has 0 aromatic heterocycles. The largest absolute Gasteiger partial charge is 0.394 e. The maximum absolute atomic E-state index is 9.93. The molecule has 0 saturated heterocycles. The molecule has 0 aromatic carbocycles. The zero-order valence-corrected chi connectivity index (χ0v) is 13.2. The molecule has 1 atom stereocenters. The molecular weight excluding hydrogens is 234 g/mol. The summed E-state index contributed by atoms with van der Waals surface area (Å²) in [7, 11) is 0. The molecule has 0 heterocycles. The molecular formula is C17H35NO. The van der Waals surface area contributed by atoms with Crippen LogP contribution in [0.15, 0.2) is 0 Å². The lowest BCUT2D eigenvalue weighted by Gasteiger charge is -2.36. The van der Waals surface area contributed by atoms with Gasteiger partial charge in [0, 0.05) is 11.6 Å². The molecule has 0 aromatic rings. The molecule has 2 N–H and O–H groups in total. The quantitative estimate of drug-likeness (QED) is 0.792. The van der Waals surface area contributed by atoms with E-state index in [0.29, 0.717) is 12.6 Å². The minimum absolute atomic E-state index is 0.00533. The van der Waals surface area contributed by atoms with Gasteiger partial charge in [-0.25, -0.2) is 0 Å². The second kappa shape index (κ2) is 9.77. The summed E-state index contributed by atoms with van der Waals surface area (Å²) in [6.07, 6.45) is 15.6. The Bertz CT molecular complexity index is 205. The van der Waals surface area contributed by atoms with Gasteiger partial charge in [-0.15, -0.1) is 0 Å². The molecule has 0 radical (unpaired) electrons. The molecule has 1 unspecified atom stereocenters. The molecule has 114 valence electrons. The number of aliphatic hydroxyl groups excluding tert-OH is 1. The highest BCUT2D eigenvalue weighted by molar-refractivity contribution is 4.89. The van der Waals surface area contributed by atoms with Crippen molar-refractivity contribution < 1.29 is 5.11 Å². The van der Waals surface area contributed by atoms with E-state index in [2.05, 4.69) is 19.2 Å². The van der Waals surface area contributed by atoms with E-state index in [1.54, 1.807) is 0 Å². The van der Waals surface area contributed by atoms with Gasteiger partial charge in [0.15, 0.2) is 0 Å². The Balaban J connectivity index is 2.55. The van der Waals surface area contributed by atoms with Crippen molar-refractivity contribution in [3.05, 3.63) is 0 Å². The summed E-state index contributed by atoms with van der Waals surface area (Å²) < 4.78 is 0. The van der Waals surface area contributed by atoms with Crippen LogP contribution in [0.1, 0.15) is 90.9 Å². The first-order chi connectivity index (χ1) is 9.22. The van der Waals surface area contributed by atoms with Gasteiger partial charge < -0.3 is 10.4 Å². The maximum atomic E-state index is 9.93. The smallest absolute Gasteiger partial charge is 0.0613 e. The first kappa shape index (κ1) is 17.0. The lowest BCUT2D eigenvalue weighted by Crippen LogP contribution is -2.52. The molecule has 0 amide bonds. The first-order valence-corrected chi connectivity index (χ1v) is 8.61. The first-order valence-electron chi connectivity index (χ1n) is 8.61. The monoisotopic (exact) mass is 269 g/mol. The summed E-state index contributed by atoms with van der Waals surface area (Å²) in [6.45, 7) is 4.77. The number of hydrogen-bond donors (Lipinski definition) is 2. The zero-order valence-electron chi connectivity index (χ0n) is 13.2. The fourth-order valence-corrected chi connectivity index (χ4v) is 3.26. The highest BCUT2D eigenvalue weighted by Gasteiger charge is 2.29. The van der Waals surface area contributed by atoms with Gasteiger partial charge >= 0.3 is 0 Å². The second-order valence-electron chi connectivity index (χ2n) is 6.57. The third kappa shape index (κ3) is 6.76. The van der Waals surface area contributed by atoms with E-state index >= 15 is 0 Å². The van der Waals surface area contributed by atoms with Crippen molar-refractivity contribution in [2.45, 2.75) is 102 Å². The molecule has 1 saturated carbocycles. The van der Waals surface area contributed by atoms with Crippen LogP contribution in [-0.4, -0.2) is 23.3 Å². The highest BCUT2D eigenvalue weighted by atomic mass is 16.3. The highest BCUT2D eigenvalue weighted by Crippen LogP contribution is 2.25. The van der Waals surface area contributed by atoms with Crippen LogP contribution in [-0.2, 0) is 0 Å². The Morgan fingerprint density at radius 2 is 1.32 bits per heavy atom. The van der Waals surface area contributed by atoms with Crippen LogP contribution in [0.5, 0.6) is 0 Å². The van der Waals surface area contributed by atoms with Crippen LogP contribution in [0.4, 0.5) is 0 Å². The van der Waals surface area contributed by atoms with E-state index in [9.17, 15) is 5.11 Å². The minimum atomic E-state index is -0.00533. The van der Waals surface area contributed by atoms with Gasteiger partial charge in [-0.3, -0.25) is 0 Å². The Labute approximate surface area is 120 Å². The fraction of sp³-hybridized carbons (Fsp3) is 1.00. The van der Waals surface area contributed by atoms with Crippen molar-refractivity contribution in [3.8, 4) is 0 Å². The topological polar surface area (TPSA) is 32.3 Å². The molecule has 1 rings (SSSR count). The van der Waals surface area contributed by atoms with Crippen LogP contribution in [0.2, 0.25) is 0 Å². The summed E-state index contributed by atoms with van der Waals surface area (Å²) in [5.41, 5.74) is -0.00533. The fourth-order valence-electron chi connectivity index (χ4n) is 3.26. The van der Waals surface area contributed by atoms with E-state index in [0.717, 1.165) is 19.3 Å². The molecule has 1 fully saturated rings. The van der Waals surface area contributed by atoms with Crippen molar-refractivity contribution in [1.82, 2.24) is 5.32 Å². The van der Waals surface area contributed by atoms with E-state index in [-0.39, 0.29) is 5.54 Å². The number of rotatable bonds is 4. The van der Waals surface area contributed by atoms with Crippen molar-refractivity contribution in [1.29, 1.82) is 0 Å². The standard InChI is InChI=1S/C17H35NO/c1-3-16(2)18-17(15-19)13-11-9-7-5-4-6-8-10-12-14-17/h16,18-19H,3-15H2,1-2H3. The predicted molar refractivity (Wildman–Crippen MR) is 83.5 cm³/mol. The summed E-state index contributed by atoms with van der Waals surface area (Å²) in [5.74, 6) is 0. The third-order valence-electron chi connectivity index (χ3n) is 4.78. The van der Waals surface area contributed by atoms with Gasteiger partial charge in [-0.05, 0) is 26.2 Å². The molecule has 0 aliphatic heterocycles. The average molecular weight is 269 g/mol. The molecule has 2 nitrogen and oxygen atoms in total. The lowest BCUT2D eigenvalue weighted by molar-refractivity contribution is 0.123. The van der Waals surface area contributed by atoms with Crippen molar-refractivity contribution in [2.75, 3.05) is 6.61 Å². The lowest BCUT2D eigenvalue weighted by atomic mass is 9.85. The van der Waals surface area contributed by atoms with Gasteiger partial charge in [0.2, 0.25) is 0 Å². The molecule has 0 bridgehead atoms. The number of hydrogen-bond acceptors (Lipinski definition) is 2. The van der Waals surface area contributed by atoms with E-state index in [4.69, 9.17) is 0 Å². The van der Waals surface area contributed by atoms with Crippen LogP contribution in [0.3, 0.4) is 0 Å². The van der Waals surface area contributed by atoms with E-state index in [1.165, 1.54) is 57.8 Å².